The third kappa shape index (κ3) is 2.01. The van der Waals surface area contributed by atoms with E-state index in [4.69, 9.17) is 4.42 Å². The molecule has 100 valence electrons. The summed E-state index contributed by atoms with van der Waals surface area (Å²) in [5.41, 5.74) is 3.54. The van der Waals surface area contributed by atoms with Gasteiger partial charge in [0.05, 0.1) is 0 Å². The van der Waals surface area contributed by atoms with Gasteiger partial charge in [-0.05, 0) is 56.2 Å². The average molecular weight is 256 g/mol. The summed E-state index contributed by atoms with van der Waals surface area (Å²) in [6.07, 6.45) is 5.12. The van der Waals surface area contributed by atoms with Gasteiger partial charge in [-0.3, -0.25) is 0 Å². The topological polar surface area (TPSA) is 38.1 Å². The summed E-state index contributed by atoms with van der Waals surface area (Å²) >= 11 is 0. The SMILES string of the molecule is CC(Nc1ccc2oc(C3CC3)nc2c1)C1(C)CC1. The summed E-state index contributed by atoms with van der Waals surface area (Å²) in [6.45, 7) is 4.63. The molecule has 0 bridgehead atoms. The predicted molar refractivity (Wildman–Crippen MR) is 76.4 cm³/mol. The highest BCUT2D eigenvalue weighted by Gasteiger charge is 2.42. The Balaban J connectivity index is 1.60. The van der Waals surface area contributed by atoms with E-state index in [0.717, 1.165) is 22.7 Å². The maximum absolute atomic E-state index is 5.79. The molecule has 1 unspecified atom stereocenters. The van der Waals surface area contributed by atoms with Crippen molar-refractivity contribution in [3.05, 3.63) is 24.1 Å². The number of rotatable bonds is 4. The third-order valence-electron chi connectivity index (χ3n) is 4.80. The van der Waals surface area contributed by atoms with E-state index in [1.54, 1.807) is 0 Å². The lowest BCUT2D eigenvalue weighted by Crippen LogP contribution is -2.24. The lowest BCUT2D eigenvalue weighted by molar-refractivity contribution is 0.493. The van der Waals surface area contributed by atoms with Crippen LogP contribution in [0, 0.1) is 5.41 Å². The number of fused-ring (bicyclic) bond motifs is 1. The number of hydrogen-bond acceptors (Lipinski definition) is 3. The Morgan fingerprint density at radius 1 is 1.37 bits per heavy atom. The zero-order valence-electron chi connectivity index (χ0n) is 11.6. The predicted octanol–water partition coefficient (Wildman–Crippen LogP) is 4.31. The molecule has 0 spiro atoms. The van der Waals surface area contributed by atoms with Gasteiger partial charge in [-0.1, -0.05) is 6.92 Å². The number of nitrogens with one attached hydrogen (secondary N) is 1. The van der Waals surface area contributed by atoms with Gasteiger partial charge in [0.15, 0.2) is 11.5 Å². The molecule has 0 aliphatic heterocycles. The van der Waals surface area contributed by atoms with E-state index in [1.165, 1.54) is 25.7 Å². The molecule has 2 saturated carbocycles. The number of aromatic nitrogens is 1. The monoisotopic (exact) mass is 256 g/mol. The molecular formula is C16H20N2O. The van der Waals surface area contributed by atoms with Crippen LogP contribution >= 0.6 is 0 Å². The maximum atomic E-state index is 5.79. The Bertz CT molecular complexity index is 623. The van der Waals surface area contributed by atoms with Crippen LogP contribution in [0.5, 0.6) is 0 Å². The molecule has 2 aliphatic carbocycles. The fraction of sp³-hybridized carbons (Fsp3) is 0.562. The van der Waals surface area contributed by atoms with E-state index in [-0.39, 0.29) is 0 Å². The highest BCUT2D eigenvalue weighted by Crippen LogP contribution is 2.49. The summed E-state index contributed by atoms with van der Waals surface area (Å²) in [5.74, 6) is 1.50. The number of hydrogen-bond donors (Lipinski definition) is 1. The second-order valence-electron chi connectivity index (χ2n) is 6.53. The van der Waals surface area contributed by atoms with Crippen molar-refractivity contribution in [1.82, 2.24) is 4.98 Å². The van der Waals surface area contributed by atoms with E-state index in [1.807, 2.05) is 6.07 Å². The molecule has 2 aromatic rings. The molecule has 0 radical (unpaired) electrons. The minimum Gasteiger partial charge on any atom is -0.440 e. The molecule has 0 saturated heterocycles. The molecule has 3 nitrogen and oxygen atoms in total. The van der Waals surface area contributed by atoms with Crippen molar-refractivity contribution in [3.63, 3.8) is 0 Å². The molecule has 1 atom stereocenters. The smallest absolute Gasteiger partial charge is 0.198 e. The molecule has 1 aromatic heterocycles. The minimum absolute atomic E-state index is 0.484. The van der Waals surface area contributed by atoms with E-state index in [0.29, 0.717) is 17.4 Å². The van der Waals surface area contributed by atoms with Gasteiger partial charge in [0.1, 0.15) is 5.52 Å². The van der Waals surface area contributed by atoms with Crippen molar-refractivity contribution in [2.75, 3.05) is 5.32 Å². The Morgan fingerprint density at radius 2 is 2.16 bits per heavy atom. The molecule has 3 heteroatoms. The van der Waals surface area contributed by atoms with Crippen LogP contribution in [0.25, 0.3) is 11.1 Å². The summed E-state index contributed by atoms with van der Waals surface area (Å²) < 4.78 is 5.79. The fourth-order valence-electron chi connectivity index (χ4n) is 2.59. The van der Waals surface area contributed by atoms with E-state index in [2.05, 4.69) is 36.3 Å². The van der Waals surface area contributed by atoms with Gasteiger partial charge in [-0.25, -0.2) is 4.98 Å². The van der Waals surface area contributed by atoms with Crippen molar-refractivity contribution >= 4 is 16.8 Å². The quantitative estimate of drug-likeness (QED) is 0.886. The molecule has 0 amide bonds. The molecule has 4 rings (SSSR count). The molecule has 2 fully saturated rings. The third-order valence-corrected chi connectivity index (χ3v) is 4.80. The summed E-state index contributed by atoms with van der Waals surface area (Å²) in [7, 11) is 0. The normalized spacial score (nSPS) is 22.4. The van der Waals surface area contributed by atoms with Crippen LogP contribution in [0.4, 0.5) is 5.69 Å². The zero-order chi connectivity index (χ0) is 13.0. The van der Waals surface area contributed by atoms with Gasteiger partial charge in [0, 0.05) is 17.6 Å². The van der Waals surface area contributed by atoms with Crippen LogP contribution in [0.3, 0.4) is 0 Å². The maximum Gasteiger partial charge on any atom is 0.198 e. The van der Waals surface area contributed by atoms with Crippen LogP contribution in [-0.4, -0.2) is 11.0 Å². The van der Waals surface area contributed by atoms with Crippen LogP contribution in [0.2, 0.25) is 0 Å². The van der Waals surface area contributed by atoms with Crippen LogP contribution in [0.1, 0.15) is 51.3 Å². The number of oxazole rings is 1. The summed E-state index contributed by atoms with van der Waals surface area (Å²) in [4.78, 5) is 4.61. The summed E-state index contributed by atoms with van der Waals surface area (Å²) in [5, 5.41) is 3.61. The van der Waals surface area contributed by atoms with Crippen molar-refractivity contribution in [1.29, 1.82) is 0 Å². The molecule has 2 aliphatic rings. The van der Waals surface area contributed by atoms with Crippen molar-refractivity contribution in [2.45, 2.75) is 51.5 Å². The second kappa shape index (κ2) is 3.75. The van der Waals surface area contributed by atoms with Gasteiger partial charge in [-0.2, -0.15) is 0 Å². The van der Waals surface area contributed by atoms with Gasteiger partial charge < -0.3 is 9.73 Å². The Hall–Kier alpha value is -1.51. The first-order valence-corrected chi connectivity index (χ1v) is 7.31. The van der Waals surface area contributed by atoms with Gasteiger partial charge >= 0.3 is 0 Å². The number of anilines is 1. The fourth-order valence-corrected chi connectivity index (χ4v) is 2.59. The molecule has 1 aromatic carbocycles. The van der Waals surface area contributed by atoms with Gasteiger partial charge in [0.2, 0.25) is 0 Å². The first kappa shape index (κ1) is 11.3. The van der Waals surface area contributed by atoms with Gasteiger partial charge in [-0.15, -0.1) is 0 Å². The van der Waals surface area contributed by atoms with Crippen molar-refractivity contribution in [3.8, 4) is 0 Å². The van der Waals surface area contributed by atoms with Crippen LogP contribution < -0.4 is 5.32 Å². The van der Waals surface area contributed by atoms with Crippen LogP contribution in [-0.2, 0) is 0 Å². The molecule has 1 heterocycles. The highest BCUT2D eigenvalue weighted by atomic mass is 16.3. The van der Waals surface area contributed by atoms with E-state index >= 15 is 0 Å². The number of nitrogens with zero attached hydrogens (tertiary/aromatic N) is 1. The lowest BCUT2D eigenvalue weighted by atomic mass is 10.0. The van der Waals surface area contributed by atoms with Gasteiger partial charge in [0.25, 0.3) is 0 Å². The molecular weight excluding hydrogens is 236 g/mol. The zero-order valence-corrected chi connectivity index (χ0v) is 11.6. The van der Waals surface area contributed by atoms with Crippen LogP contribution in [0.15, 0.2) is 22.6 Å². The Labute approximate surface area is 113 Å². The Morgan fingerprint density at radius 3 is 2.84 bits per heavy atom. The summed E-state index contributed by atoms with van der Waals surface area (Å²) in [6, 6.07) is 6.78. The standard InChI is InChI=1S/C16H20N2O/c1-10(16(2)7-8-16)17-12-5-6-14-13(9-12)18-15(19-14)11-3-4-11/h5-6,9-11,17H,3-4,7-8H2,1-2H3. The largest absolute Gasteiger partial charge is 0.440 e. The number of benzene rings is 1. The average Bonchev–Trinajstić information content (AvgIpc) is 3.30. The Kier molecular flexibility index (Phi) is 2.23. The van der Waals surface area contributed by atoms with E-state index < -0.39 is 0 Å². The second-order valence-corrected chi connectivity index (χ2v) is 6.53. The molecule has 1 N–H and O–H groups in total. The highest BCUT2D eigenvalue weighted by molar-refractivity contribution is 5.77. The first-order valence-electron chi connectivity index (χ1n) is 7.31. The first-order chi connectivity index (χ1) is 9.14. The van der Waals surface area contributed by atoms with Crippen molar-refractivity contribution in [2.24, 2.45) is 5.41 Å². The lowest BCUT2D eigenvalue weighted by Gasteiger charge is -2.21. The van der Waals surface area contributed by atoms with Crippen molar-refractivity contribution < 1.29 is 4.42 Å². The van der Waals surface area contributed by atoms with E-state index in [9.17, 15) is 0 Å². The minimum atomic E-state index is 0.484. The molecule has 19 heavy (non-hydrogen) atoms.